The third-order valence-electron chi connectivity index (χ3n) is 3.29. The summed E-state index contributed by atoms with van der Waals surface area (Å²) in [7, 11) is 0. The fourth-order valence-electron chi connectivity index (χ4n) is 2.27. The van der Waals surface area contributed by atoms with E-state index < -0.39 is 6.10 Å². The molecule has 0 aromatic carbocycles. The van der Waals surface area contributed by atoms with Crippen LogP contribution in [-0.4, -0.2) is 44.5 Å². The number of rotatable bonds is 1. The number of aliphatic hydroxyl groups is 1. The van der Waals surface area contributed by atoms with Crippen molar-refractivity contribution in [2.75, 3.05) is 13.1 Å². The number of β-amino-alcohol motifs (C(OH)–C–C–N with tert-alkyl or cyclic N) is 1. The summed E-state index contributed by atoms with van der Waals surface area (Å²) in [6.07, 6.45) is 2.94. The van der Waals surface area contributed by atoms with Gasteiger partial charge in [0.05, 0.1) is 6.10 Å². The minimum absolute atomic E-state index is 0.0396. The van der Waals surface area contributed by atoms with Crippen LogP contribution in [0.5, 0.6) is 0 Å². The molecule has 0 saturated carbocycles. The number of carbonyl (C=O) groups excluding carboxylic acids is 1. The van der Waals surface area contributed by atoms with Gasteiger partial charge in [-0.3, -0.25) is 14.0 Å². The highest BCUT2D eigenvalue weighted by Crippen LogP contribution is 2.11. The Morgan fingerprint density at radius 2 is 2.26 bits per heavy atom. The normalized spacial score (nSPS) is 19.0. The molecule has 1 saturated heterocycles. The molecule has 1 atom stereocenters. The molecule has 0 unspecified atom stereocenters. The van der Waals surface area contributed by atoms with Crippen molar-refractivity contribution in [2.45, 2.75) is 12.5 Å². The summed E-state index contributed by atoms with van der Waals surface area (Å²) < 4.78 is 1.35. The summed E-state index contributed by atoms with van der Waals surface area (Å²) in [6, 6.07) is 5.19. The lowest BCUT2D eigenvalue weighted by Crippen LogP contribution is -2.35. The number of aromatic nitrogens is 2. The third kappa shape index (κ3) is 2.00. The van der Waals surface area contributed by atoms with Crippen LogP contribution in [0.25, 0.3) is 5.65 Å². The Kier molecular flexibility index (Phi) is 2.79. The van der Waals surface area contributed by atoms with E-state index in [2.05, 4.69) is 4.98 Å². The zero-order valence-electron chi connectivity index (χ0n) is 10.2. The van der Waals surface area contributed by atoms with Gasteiger partial charge >= 0.3 is 0 Å². The molecule has 1 aliphatic heterocycles. The minimum atomic E-state index is -0.500. The molecule has 1 aliphatic rings. The molecule has 3 rings (SSSR count). The quantitative estimate of drug-likeness (QED) is 0.776. The van der Waals surface area contributed by atoms with Crippen LogP contribution in [0.15, 0.2) is 35.4 Å². The SMILES string of the molecule is O=C(c1cnc2ccccn2c1=O)N1CC[C@H](O)C1. The van der Waals surface area contributed by atoms with Gasteiger partial charge in [-0.2, -0.15) is 0 Å². The van der Waals surface area contributed by atoms with E-state index in [9.17, 15) is 14.7 Å². The predicted octanol–water partition coefficient (Wildman–Crippen LogP) is -0.0987. The van der Waals surface area contributed by atoms with Crippen LogP contribution in [0.2, 0.25) is 0 Å². The molecule has 2 aromatic heterocycles. The van der Waals surface area contributed by atoms with Crippen molar-refractivity contribution < 1.29 is 9.90 Å². The van der Waals surface area contributed by atoms with Gasteiger partial charge in [0.15, 0.2) is 0 Å². The highest BCUT2D eigenvalue weighted by Gasteiger charge is 2.27. The van der Waals surface area contributed by atoms with Crippen LogP contribution in [0.4, 0.5) is 0 Å². The Bertz CT molecular complexity index is 695. The average molecular weight is 259 g/mol. The minimum Gasteiger partial charge on any atom is -0.391 e. The van der Waals surface area contributed by atoms with E-state index in [0.29, 0.717) is 18.6 Å². The number of hydrogen-bond donors (Lipinski definition) is 1. The molecule has 2 aromatic rings. The second-order valence-electron chi connectivity index (χ2n) is 4.60. The van der Waals surface area contributed by atoms with Gasteiger partial charge in [0, 0.05) is 25.5 Å². The number of pyridine rings is 1. The van der Waals surface area contributed by atoms with Crippen molar-refractivity contribution in [3.63, 3.8) is 0 Å². The fourth-order valence-corrected chi connectivity index (χ4v) is 2.27. The van der Waals surface area contributed by atoms with Gasteiger partial charge in [-0.05, 0) is 18.6 Å². The Hall–Kier alpha value is -2.21. The van der Waals surface area contributed by atoms with E-state index in [4.69, 9.17) is 0 Å². The molecule has 1 N–H and O–H groups in total. The summed E-state index contributed by atoms with van der Waals surface area (Å²) in [6.45, 7) is 0.743. The largest absolute Gasteiger partial charge is 0.391 e. The maximum Gasteiger partial charge on any atom is 0.270 e. The van der Waals surface area contributed by atoms with E-state index in [1.54, 1.807) is 24.4 Å². The molecule has 0 bridgehead atoms. The third-order valence-corrected chi connectivity index (χ3v) is 3.29. The second kappa shape index (κ2) is 4.47. The molecule has 1 fully saturated rings. The summed E-state index contributed by atoms with van der Waals surface area (Å²) in [5.74, 6) is -0.368. The molecule has 0 radical (unpaired) electrons. The number of likely N-dealkylation sites (tertiary alicyclic amines) is 1. The molecule has 3 heterocycles. The van der Waals surface area contributed by atoms with Crippen molar-refractivity contribution in [3.05, 3.63) is 46.5 Å². The second-order valence-corrected chi connectivity index (χ2v) is 4.60. The number of carbonyl (C=O) groups is 1. The first-order valence-electron chi connectivity index (χ1n) is 6.10. The van der Waals surface area contributed by atoms with Crippen LogP contribution in [0.1, 0.15) is 16.8 Å². The van der Waals surface area contributed by atoms with Gasteiger partial charge in [0.25, 0.3) is 11.5 Å². The lowest BCUT2D eigenvalue weighted by atomic mass is 10.3. The Labute approximate surface area is 108 Å². The van der Waals surface area contributed by atoms with Gasteiger partial charge in [0.1, 0.15) is 11.2 Å². The predicted molar refractivity (Wildman–Crippen MR) is 68.0 cm³/mol. The van der Waals surface area contributed by atoms with Crippen LogP contribution in [0, 0.1) is 0 Å². The number of hydrogen-bond acceptors (Lipinski definition) is 4. The highest BCUT2D eigenvalue weighted by atomic mass is 16.3. The van der Waals surface area contributed by atoms with Crippen LogP contribution < -0.4 is 5.56 Å². The van der Waals surface area contributed by atoms with Crippen molar-refractivity contribution in [1.29, 1.82) is 0 Å². The summed E-state index contributed by atoms with van der Waals surface area (Å²) >= 11 is 0. The summed E-state index contributed by atoms with van der Waals surface area (Å²) in [5, 5.41) is 9.44. The van der Waals surface area contributed by atoms with Crippen molar-refractivity contribution in [3.8, 4) is 0 Å². The monoisotopic (exact) mass is 259 g/mol. The molecule has 19 heavy (non-hydrogen) atoms. The molecule has 1 amide bonds. The smallest absolute Gasteiger partial charge is 0.270 e. The number of fused-ring (bicyclic) bond motifs is 1. The number of amides is 1. The lowest BCUT2D eigenvalue weighted by molar-refractivity contribution is 0.0762. The summed E-state index contributed by atoms with van der Waals surface area (Å²) in [4.78, 5) is 30.0. The molecular weight excluding hydrogens is 246 g/mol. The standard InChI is InChI=1S/C13H13N3O3/c17-9-4-6-15(8-9)12(18)10-7-14-11-3-1-2-5-16(11)13(10)19/h1-3,5,7,9,17H,4,6,8H2/t9-/m0/s1. The topological polar surface area (TPSA) is 74.9 Å². The number of nitrogens with zero attached hydrogens (tertiary/aromatic N) is 3. The van der Waals surface area contributed by atoms with Gasteiger partial charge in [-0.1, -0.05) is 6.07 Å². The van der Waals surface area contributed by atoms with Crippen LogP contribution in [0.3, 0.4) is 0 Å². The van der Waals surface area contributed by atoms with Crippen LogP contribution >= 0.6 is 0 Å². The van der Waals surface area contributed by atoms with Crippen molar-refractivity contribution in [1.82, 2.24) is 14.3 Å². The van der Waals surface area contributed by atoms with Crippen molar-refractivity contribution >= 4 is 11.6 Å². The first kappa shape index (κ1) is 11.9. The van der Waals surface area contributed by atoms with Crippen LogP contribution in [-0.2, 0) is 0 Å². The van der Waals surface area contributed by atoms with Gasteiger partial charge in [0.2, 0.25) is 0 Å². The Balaban J connectivity index is 2.04. The molecule has 0 spiro atoms. The zero-order valence-corrected chi connectivity index (χ0v) is 10.2. The van der Waals surface area contributed by atoms with E-state index in [1.807, 2.05) is 0 Å². The fraction of sp³-hybridized carbons (Fsp3) is 0.308. The molecule has 6 heteroatoms. The van der Waals surface area contributed by atoms with E-state index in [0.717, 1.165) is 0 Å². The molecule has 0 aliphatic carbocycles. The maximum absolute atomic E-state index is 12.2. The Morgan fingerprint density at radius 3 is 3.00 bits per heavy atom. The van der Waals surface area contributed by atoms with Gasteiger partial charge < -0.3 is 10.0 Å². The number of aliphatic hydroxyl groups excluding tert-OH is 1. The van der Waals surface area contributed by atoms with E-state index >= 15 is 0 Å². The van der Waals surface area contributed by atoms with E-state index in [-0.39, 0.29) is 23.6 Å². The summed E-state index contributed by atoms with van der Waals surface area (Å²) in [5.41, 5.74) is 0.167. The Morgan fingerprint density at radius 1 is 1.42 bits per heavy atom. The van der Waals surface area contributed by atoms with Crippen molar-refractivity contribution in [2.24, 2.45) is 0 Å². The molecule has 6 nitrogen and oxygen atoms in total. The zero-order chi connectivity index (χ0) is 13.4. The molecule has 98 valence electrons. The van der Waals surface area contributed by atoms with Gasteiger partial charge in [-0.25, -0.2) is 4.98 Å². The lowest BCUT2D eigenvalue weighted by Gasteiger charge is -2.14. The first-order chi connectivity index (χ1) is 9.16. The first-order valence-corrected chi connectivity index (χ1v) is 6.10. The highest BCUT2D eigenvalue weighted by molar-refractivity contribution is 5.94. The van der Waals surface area contributed by atoms with Gasteiger partial charge in [-0.15, -0.1) is 0 Å². The molecular formula is C13H13N3O3. The average Bonchev–Trinajstić information content (AvgIpc) is 2.85. The maximum atomic E-state index is 12.2. The van der Waals surface area contributed by atoms with E-state index in [1.165, 1.54) is 15.5 Å².